The molecule has 2 heterocycles. The summed E-state index contributed by atoms with van der Waals surface area (Å²) in [4.78, 5) is 6.68. The van der Waals surface area contributed by atoms with Crippen LogP contribution >= 0.6 is 0 Å². The van der Waals surface area contributed by atoms with Crippen molar-refractivity contribution in [2.24, 2.45) is 0 Å². The third-order valence-electron chi connectivity index (χ3n) is 3.87. The van der Waals surface area contributed by atoms with Crippen molar-refractivity contribution in [3.63, 3.8) is 0 Å². The molecule has 1 N–H and O–H groups in total. The monoisotopic (exact) mass is 272 g/mol. The fourth-order valence-corrected chi connectivity index (χ4v) is 2.72. The highest BCUT2D eigenvalue weighted by Gasteiger charge is 2.26. The Balaban J connectivity index is 1.91. The van der Waals surface area contributed by atoms with Gasteiger partial charge in [-0.15, -0.1) is 0 Å². The van der Waals surface area contributed by atoms with Gasteiger partial charge >= 0.3 is 0 Å². The van der Waals surface area contributed by atoms with Crippen LogP contribution in [0, 0.1) is 0 Å². The molecule has 3 rings (SSSR count). The van der Waals surface area contributed by atoms with Crippen LogP contribution < -0.4 is 10.2 Å². The zero-order valence-corrected chi connectivity index (χ0v) is 12.0. The molecule has 5 heteroatoms. The van der Waals surface area contributed by atoms with Crippen molar-refractivity contribution < 1.29 is 4.52 Å². The van der Waals surface area contributed by atoms with Crippen molar-refractivity contribution in [1.29, 1.82) is 0 Å². The summed E-state index contributed by atoms with van der Waals surface area (Å²) >= 11 is 0. The van der Waals surface area contributed by atoms with Crippen LogP contribution in [0.1, 0.15) is 36.8 Å². The van der Waals surface area contributed by atoms with Crippen LogP contribution in [-0.2, 0) is 6.54 Å². The number of nitrogens with zero attached hydrogens (tertiary/aromatic N) is 3. The second-order valence-electron chi connectivity index (χ2n) is 4.99. The summed E-state index contributed by atoms with van der Waals surface area (Å²) < 4.78 is 5.50. The van der Waals surface area contributed by atoms with Gasteiger partial charge in [-0.2, -0.15) is 4.98 Å². The Labute approximate surface area is 119 Å². The maximum absolute atomic E-state index is 5.50. The predicted molar refractivity (Wildman–Crippen MR) is 77.9 cm³/mol. The van der Waals surface area contributed by atoms with E-state index in [2.05, 4.69) is 58.5 Å². The Hall–Kier alpha value is -1.88. The van der Waals surface area contributed by atoms with Crippen LogP contribution in [0.25, 0.3) is 0 Å². The molecule has 1 aliphatic rings. The summed E-state index contributed by atoms with van der Waals surface area (Å²) in [5, 5.41) is 7.53. The number of benzene rings is 1. The van der Waals surface area contributed by atoms with Crippen molar-refractivity contribution in [2.75, 3.05) is 24.5 Å². The van der Waals surface area contributed by atoms with E-state index in [-0.39, 0.29) is 5.92 Å². The molecule has 0 saturated carbocycles. The van der Waals surface area contributed by atoms with Gasteiger partial charge in [-0.1, -0.05) is 24.3 Å². The van der Waals surface area contributed by atoms with E-state index in [1.165, 1.54) is 11.1 Å². The topological polar surface area (TPSA) is 54.2 Å². The molecule has 0 fully saturated rings. The lowest BCUT2D eigenvalue weighted by atomic mass is 9.91. The van der Waals surface area contributed by atoms with Crippen molar-refractivity contribution in [3.8, 4) is 0 Å². The first kappa shape index (κ1) is 13.1. The average Bonchev–Trinajstić information content (AvgIpc) is 2.97. The second kappa shape index (κ2) is 5.63. The van der Waals surface area contributed by atoms with E-state index in [9.17, 15) is 0 Å². The highest BCUT2D eigenvalue weighted by atomic mass is 16.5. The van der Waals surface area contributed by atoms with Crippen LogP contribution in [0.3, 0.4) is 0 Å². The molecule has 1 atom stereocenters. The molecule has 1 aromatic heterocycles. The Bertz CT molecular complexity index is 577. The largest absolute Gasteiger partial charge is 0.339 e. The van der Waals surface area contributed by atoms with Crippen LogP contribution in [0.4, 0.5) is 5.95 Å². The zero-order chi connectivity index (χ0) is 13.9. The van der Waals surface area contributed by atoms with Crippen molar-refractivity contribution >= 4 is 5.95 Å². The number of rotatable bonds is 4. The van der Waals surface area contributed by atoms with Gasteiger partial charge in [-0.25, -0.2) is 0 Å². The van der Waals surface area contributed by atoms with Gasteiger partial charge in [0.05, 0.1) is 5.92 Å². The minimum atomic E-state index is 0.150. The fraction of sp³-hybridized carbons (Fsp3) is 0.467. The lowest BCUT2D eigenvalue weighted by Gasteiger charge is -2.23. The second-order valence-corrected chi connectivity index (χ2v) is 4.99. The Morgan fingerprint density at radius 2 is 2.10 bits per heavy atom. The standard InChI is InChI=1S/C15H20N4O/c1-3-19(4-2)15-17-14(20-18-15)13-10-16-9-11-7-5-6-8-12(11)13/h5-8,13,16H,3-4,9-10H2,1-2H3. The van der Waals surface area contributed by atoms with Crippen LogP contribution in [0.15, 0.2) is 28.8 Å². The van der Waals surface area contributed by atoms with Gasteiger partial charge in [0.1, 0.15) is 0 Å². The first-order valence-electron chi connectivity index (χ1n) is 7.20. The minimum absolute atomic E-state index is 0.150. The molecule has 106 valence electrons. The summed E-state index contributed by atoms with van der Waals surface area (Å²) in [7, 11) is 0. The first-order valence-corrected chi connectivity index (χ1v) is 7.20. The summed E-state index contributed by atoms with van der Waals surface area (Å²) in [6.45, 7) is 7.71. The highest BCUT2D eigenvalue weighted by Crippen LogP contribution is 2.29. The lowest BCUT2D eigenvalue weighted by molar-refractivity contribution is 0.355. The molecule has 1 aromatic carbocycles. The highest BCUT2D eigenvalue weighted by molar-refractivity contribution is 5.37. The molecule has 2 aromatic rings. The smallest absolute Gasteiger partial charge is 0.266 e. The lowest BCUT2D eigenvalue weighted by Crippen LogP contribution is -2.29. The number of anilines is 1. The van der Waals surface area contributed by atoms with Crippen molar-refractivity contribution in [1.82, 2.24) is 15.5 Å². The molecule has 20 heavy (non-hydrogen) atoms. The number of fused-ring (bicyclic) bond motifs is 1. The Morgan fingerprint density at radius 3 is 2.90 bits per heavy atom. The van der Waals surface area contributed by atoms with E-state index in [1.54, 1.807) is 0 Å². The zero-order valence-electron chi connectivity index (χ0n) is 12.0. The molecule has 0 spiro atoms. The number of aromatic nitrogens is 2. The quantitative estimate of drug-likeness (QED) is 0.924. The van der Waals surface area contributed by atoms with E-state index in [4.69, 9.17) is 4.52 Å². The van der Waals surface area contributed by atoms with Crippen molar-refractivity contribution in [2.45, 2.75) is 26.3 Å². The third kappa shape index (κ3) is 2.29. The summed E-state index contributed by atoms with van der Waals surface area (Å²) in [5.74, 6) is 1.54. The molecule has 0 aliphatic carbocycles. The van der Waals surface area contributed by atoms with Gasteiger partial charge in [0.25, 0.3) is 5.95 Å². The maximum atomic E-state index is 5.50. The SMILES string of the molecule is CCN(CC)c1noc(C2CNCc3ccccc32)n1. The summed E-state index contributed by atoms with van der Waals surface area (Å²) in [6, 6.07) is 8.44. The van der Waals surface area contributed by atoms with Crippen molar-refractivity contribution in [3.05, 3.63) is 41.3 Å². The van der Waals surface area contributed by atoms with E-state index < -0.39 is 0 Å². The normalized spacial score (nSPS) is 17.8. The van der Waals surface area contributed by atoms with Gasteiger partial charge < -0.3 is 14.7 Å². The molecule has 5 nitrogen and oxygen atoms in total. The van der Waals surface area contributed by atoms with Gasteiger partial charge in [-0.3, -0.25) is 0 Å². The van der Waals surface area contributed by atoms with Gasteiger partial charge in [0.2, 0.25) is 5.89 Å². The van der Waals surface area contributed by atoms with E-state index in [1.807, 2.05) is 0 Å². The van der Waals surface area contributed by atoms with E-state index in [0.29, 0.717) is 11.8 Å². The molecular weight excluding hydrogens is 252 g/mol. The number of hydrogen-bond acceptors (Lipinski definition) is 5. The number of nitrogens with one attached hydrogen (secondary N) is 1. The minimum Gasteiger partial charge on any atom is -0.339 e. The summed E-state index contributed by atoms with van der Waals surface area (Å²) in [6.07, 6.45) is 0. The molecule has 0 bridgehead atoms. The Kier molecular flexibility index (Phi) is 3.69. The maximum Gasteiger partial charge on any atom is 0.266 e. The van der Waals surface area contributed by atoms with E-state index >= 15 is 0 Å². The first-order chi connectivity index (χ1) is 9.83. The fourth-order valence-electron chi connectivity index (χ4n) is 2.72. The third-order valence-corrected chi connectivity index (χ3v) is 3.87. The van der Waals surface area contributed by atoms with Gasteiger partial charge in [0, 0.05) is 26.2 Å². The van der Waals surface area contributed by atoms with Crippen LogP contribution in [0.2, 0.25) is 0 Å². The summed E-state index contributed by atoms with van der Waals surface area (Å²) in [5.41, 5.74) is 2.60. The van der Waals surface area contributed by atoms with Crippen LogP contribution in [0.5, 0.6) is 0 Å². The molecule has 0 amide bonds. The molecule has 0 radical (unpaired) electrons. The van der Waals surface area contributed by atoms with E-state index in [0.717, 1.165) is 26.2 Å². The van der Waals surface area contributed by atoms with Gasteiger partial charge in [0.15, 0.2) is 0 Å². The number of hydrogen-bond donors (Lipinski definition) is 1. The molecular formula is C15H20N4O. The average molecular weight is 272 g/mol. The molecule has 1 aliphatic heterocycles. The molecule has 1 unspecified atom stereocenters. The van der Waals surface area contributed by atoms with Gasteiger partial charge in [-0.05, 0) is 30.1 Å². The Morgan fingerprint density at radius 1 is 1.30 bits per heavy atom. The predicted octanol–water partition coefficient (Wildman–Crippen LogP) is 2.15. The van der Waals surface area contributed by atoms with Crippen LogP contribution in [-0.4, -0.2) is 29.8 Å². The molecule has 0 saturated heterocycles.